The van der Waals surface area contributed by atoms with E-state index in [2.05, 4.69) is 50.7 Å². The minimum absolute atomic E-state index is 0.310. The fourth-order valence-corrected chi connectivity index (χ4v) is 3.11. The Balaban J connectivity index is 2.23. The molecule has 0 aromatic heterocycles. The molecule has 0 bridgehead atoms. The van der Waals surface area contributed by atoms with Crippen LogP contribution < -0.4 is 0 Å². The van der Waals surface area contributed by atoms with E-state index in [4.69, 9.17) is 0 Å². The molecular formula is C12H8BrIOS. The Morgan fingerprint density at radius 1 is 1.06 bits per heavy atom. The highest BCUT2D eigenvalue weighted by Gasteiger charge is 2.03. The van der Waals surface area contributed by atoms with Gasteiger partial charge in [-0.05, 0) is 65.1 Å². The molecule has 1 nitrogen and oxygen atoms in total. The number of rotatable bonds is 2. The highest BCUT2D eigenvalue weighted by atomic mass is 127. The van der Waals surface area contributed by atoms with Crippen LogP contribution >= 0.6 is 50.3 Å². The Kier molecular flexibility index (Phi) is 4.16. The number of hydrogen-bond acceptors (Lipinski definition) is 2. The van der Waals surface area contributed by atoms with E-state index in [1.807, 2.05) is 18.2 Å². The van der Waals surface area contributed by atoms with Crippen LogP contribution in [0.3, 0.4) is 0 Å². The maximum atomic E-state index is 9.32. The summed E-state index contributed by atoms with van der Waals surface area (Å²) in [5.74, 6) is 0.310. The number of halogens is 2. The molecule has 2 aromatic rings. The molecule has 0 unspecified atom stereocenters. The second-order valence-electron chi connectivity index (χ2n) is 3.17. The number of phenols is 1. The molecule has 0 atom stereocenters. The molecule has 0 saturated heterocycles. The molecule has 4 heteroatoms. The normalized spacial score (nSPS) is 10.4. The first-order valence-electron chi connectivity index (χ1n) is 4.57. The number of hydrogen-bond donors (Lipinski definition) is 1. The summed E-state index contributed by atoms with van der Waals surface area (Å²) in [4.78, 5) is 2.34. The van der Waals surface area contributed by atoms with Crippen LogP contribution in [0.4, 0.5) is 0 Å². The van der Waals surface area contributed by atoms with Crippen molar-refractivity contribution in [1.29, 1.82) is 0 Å². The summed E-state index contributed by atoms with van der Waals surface area (Å²) in [6.07, 6.45) is 0. The molecule has 0 radical (unpaired) electrons. The summed E-state index contributed by atoms with van der Waals surface area (Å²) in [6, 6.07) is 13.6. The zero-order chi connectivity index (χ0) is 11.5. The first-order valence-corrected chi connectivity index (χ1v) is 7.26. The highest BCUT2D eigenvalue weighted by Crippen LogP contribution is 2.33. The summed E-state index contributed by atoms with van der Waals surface area (Å²) in [5.41, 5.74) is 0. The predicted molar refractivity (Wildman–Crippen MR) is 79.1 cm³/mol. The van der Waals surface area contributed by atoms with Gasteiger partial charge in [-0.3, -0.25) is 0 Å². The number of phenolic OH excluding ortho intramolecular Hbond substituents is 1. The van der Waals surface area contributed by atoms with Gasteiger partial charge >= 0.3 is 0 Å². The lowest BCUT2D eigenvalue weighted by Gasteiger charge is -2.04. The zero-order valence-corrected chi connectivity index (χ0v) is 12.7. The maximum Gasteiger partial charge on any atom is 0.116 e. The minimum atomic E-state index is 0.310. The lowest BCUT2D eigenvalue weighted by atomic mass is 10.3. The third-order valence-electron chi connectivity index (χ3n) is 1.96. The maximum absolute atomic E-state index is 9.32. The largest absolute Gasteiger partial charge is 0.508 e. The lowest BCUT2D eigenvalue weighted by molar-refractivity contribution is 0.474. The topological polar surface area (TPSA) is 20.2 Å². The minimum Gasteiger partial charge on any atom is -0.508 e. The third kappa shape index (κ3) is 3.15. The van der Waals surface area contributed by atoms with E-state index in [0.717, 1.165) is 12.9 Å². The standard InChI is InChI=1S/C12H8BrIOS/c13-8-1-4-10(5-2-8)16-12-6-3-9(15)7-11(12)14/h1-7,15H. The molecule has 0 saturated carbocycles. The van der Waals surface area contributed by atoms with Crippen molar-refractivity contribution in [3.63, 3.8) is 0 Å². The van der Waals surface area contributed by atoms with Crippen LogP contribution in [-0.4, -0.2) is 5.11 Å². The van der Waals surface area contributed by atoms with Gasteiger partial charge in [0.1, 0.15) is 5.75 Å². The molecule has 0 spiro atoms. The third-order valence-corrected chi connectivity index (χ3v) is 4.83. The van der Waals surface area contributed by atoms with Gasteiger partial charge in [-0.25, -0.2) is 0 Å². The molecule has 1 N–H and O–H groups in total. The van der Waals surface area contributed by atoms with Crippen molar-refractivity contribution >= 4 is 50.3 Å². The summed E-state index contributed by atoms with van der Waals surface area (Å²) in [7, 11) is 0. The van der Waals surface area contributed by atoms with Crippen molar-refractivity contribution < 1.29 is 5.11 Å². The van der Waals surface area contributed by atoms with Crippen molar-refractivity contribution in [2.75, 3.05) is 0 Å². The van der Waals surface area contributed by atoms with Crippen LogP contribution in [0.2, 0.25) is 0 Å². The van der Waals surface area contributed by atoms with Crippen LogP contribution in [0.1, 0.15) is 0 Å². The van der Waals surface area contributed by atoms with Gasteiger partial charge in [-0.1, -0.05) is 27.7 Å². The summed E-state index contributed by atoms with van der Waals surface area (Å²) >= 11 is 7.33. The van der Waals surface area contributed by atoms with Crippen molar-refractivity contribution in [2.24, 2.45) is 0 Å². The first kappa shape index (κ1) is 12.3. The predicted octanol–water partition coefficient (Wildman–Crippen LogP) is 4.91. The molecule has 0 amide bonds. The van der Waals surface area contributed by atoms with Crippen molar-refractivity contribution in [2.45, 2.75) is 9.79 Å². The highest BCUT2D eigenvalue weighted by molar-refractivity contribution is 14.1. The van der Waals surface area contributed by atoms with E-state index in [9.17, 15) is 5.11 Å². The quantitative estimate of drug-likeness (QED) is 0.715. The molecule has 0 heterocycles. The average molecular weight is 407 g/mol. The fraction of sp³-hybridized carbons (Fsp3) is 0. The molecule has 2 aromatic carbocycles. The van der Waals surface area contributed by atoms with Crippen molar-refractivity contribution in [3.8, 4) is 5.75 Å². The van der Waals surface area contributed by atoms with Crippen LogP contribution in [-0.2, 0) is 0 Å². The molecule has 0 aliphatic carbocycles. The van der Waals surface area contributed by atoms with Crippen LogP contribution in [0.5, 0.6) is 5.75 Å². The molecule has 0 aliphatic rings. The Morgan fingerprint density at radius 2 is 1.75 bits per heavy atom. The second-order valence-corrected chi connectivity index (χ2v) is 6.36. The van der Waals surface area contributed by atoms with E-state index >= 15 is 0 Å². The zero-order valence-electron chi connectivity index (χ0n) is 8.15. The Labute approximate surface area is 121 Å². The molecule has 0 aliphatic heterocycles. The van der Waals surface area contributed by atoms with E-state index in [1.165, 1.54) is 4.90 Å². The number of aromatic hydroxyl groups is 1. The van der Waals surface area contributed by atoms with Gasteiger partial charge in [-0.2, -0.15) is 0 Å². The van der Waals surface area contributed by atoms with Crippen molar-refractivity contribution in [3.05, 3.63) is 50.5 Å². The summed E-state index contributed by atoms with van der Waals surface area (Å²) in [6.45, 7) is 0. The van der Waals surface area contributed by atoms with E-state index < -0.39 is 0 Å². The first-order chi connectivity index (χ1) is 7.65. The smallest absolute Gasteiger partial charge is 0.116 e. The molecule has 0 fully saturated rings. The summed E-state index contributed by atoms with van der Waals surface area (Å²) in [5, 5.41) is 9.32. The molecule has 16 heavy (non-hydrogen) atoms. The molecule has 2 rings (SSSR count). The number of benzene rings is 2. The lowest BCUT2D eigenvalue weighted by Crippen LogP contribution is -1.79. The SMILES string of the molecule is Oc1ccc(Sc2ccc(Br)cc2)c(I)c1. The van der Waals surface area contributed by atoms with Gasteiger partial charge in [-0.15, -0.1) is 0 Å². The van der Waals surface area contributed by atoms with Crippen LogP contribution in [0.15, 0.2) is 56.7 Å². The van der Waals surface area contributed by atoms with Gasteiger partial charge in [0, 0.05) is 17.8 Å². The van der Waals surface area contributed by atoms with Gasteiger partial charge in [0.05, 0.1) is 0 Å². The molecular weight excluding hydrogens is 399 g/mol. The Hall–Kier alpha value is -0.200. The van der Waals surface area contributed by atoms with Gasteiger partial charge in [0.15, 0.2) is 0 Å². The second kappa shape index (κ2) is 5.42. The van der Waals surface area contributed by atoms with E-state index in [1.54, 1.807) is 23.9 Å². The van der Waals surface area contributed by atoms with E-state index in [-0.39, 0.29) is 0 Å². The van der Waals surface area contributed by atoms with E-state index in [0.29, 0.717) is 5.75 Å². The Morgan fingerprint density at radius 3 is 2.38 bits per heavy atom. The van der Waals surface area contributed by atoms with Gasteiger partial charge < -0.3 is 5.11 Å². The van der Waals surface area contributed by atoms with Crippen LogP contribution in [0.25, 0.3) is 0 Å². The van der Waals surface area contributed by atoms with Gasteiger partial charge in [0.25, 0.3) is 0 Å². The van der Waals surface area contributed by atoms with Gasteiger partial charge in [0.2, 0.25) is 0 Å². The fourth-order valence-electron chi connectivity index (χ4n) is 1.20. The average Bonchev–Trinajstić information content (AvgIpc) is 2.25. The Bertz CT molecular complexity index is 499. The monoisotopic (exact) mass is 406 g/mol. The van der Waals surface area contributed by atoms with Crippen molar-refractivity contribution in [1.82, 2.24) is 0 Å². The molecule has 82 valence electrons. The van der Waals surface area contributed by atoms with Crippen LogP contribution in [0, 0.1) is 3.57 Å². The summed E-state index contributed by atoms with van der Waals surface area (Å²) < 4.78 is 2.14.